The Labute approximate surface area is 327 Å². The second-order valence-electron chi connectivity index (χ2n) is 14.9. The molecule has 2 nitrogen and oxygen atoms in total. The van der Waals surface area contributed by atoms with Crippen LogP contribution >= 0.6 is 0 Å². The standard InChI is InChI=1S/C54H36N2/c1-35-51(38-18-6-3-7-19-38)55-53(56-52(35)39-32-30-37(31-33-39)36-16-4-2-5-17-36)41-21-14-20-40(34-41)42-25-15-29-49-50(42)45-24-10-13-28-48(45)54(49)46-26-11-8-22-43(46)44-23-9-12-27-47(44)54/h2-34,51H,1H2. The van der Waals surface area contributed by atoms with Crippen molar-refractivity contribution < 1.29 is 0 Å². The fraction of sp³-hybridized carbons (Fsp3) is 0.0370. The van der Waals surface area contributed by atoms with Crippen molar-refractivity contribution in [3.05, 3.63) is 251 Å². The van der Waals surface area contributed by atoms with Gasteiger partial charge in [-0.3, -0.25) is 4.99 Å². The summed E-state index contributed by atoms with van der Waals surface area (Å²) in [5.74, 6) is 0.707. The maximum Gasteiger partial charge on any atom is 0.156 e. The Kier molecular flexibility index (Phi) is 7.33. The lowest BCUT2D eigenvalue weighted by Crippen LogP contribution is -2.25. The van der Waals surface area contributed by atoms with E-state index in [2.05, 4.69) is 195 Å². The first kappa shape index (κ1) is 32.3. The maximum atomic E-state index is 5.32. The molecule has 11 rings (SSSR count). The Balaban J connectivity index is 1.06. The van der Waals surface area contributed by atoms with Crippen molar-refractivity contribution in [2.45, 2.75) is 11.5 Å². The first-order valence-corrected chi connectivity index (χ1v) is 19.3. The van der Waals surface area contributed by atoms with Crippen molar-refractivity contribution in [3.63, 3.8) is 0 Å². The highest BCUT2D eigenvalue weighted by Crippen LogP contribution is 2.63. The first-order valence-electron chi connectivity index (χ1n) is 19.3. The molecule has 1 spiro atoms. The summed E-state index contributed by atoms with van der Waals surface area (Å²) >= 11 is 0. The second-order valence-corrected chi connectivity index (χ2v) is 14.9. The van der Waals surface area contributed by atoms with E-state index in [1.807, 2.05) is 12.1 Å². The lowest BCUT2D eigenvalue weighted by Gasteiger charge is -2.30. The number of amidine groups is 1. The molecule has 2 aliphatic carbocycles. The van der Waals surface area contributed by atoms with E-state index in [-0.39, 0.29) is 6.04 Å². The molecule has 2 heteroatoms. The quantitative estimate of drug-likeness (QED) is 0.170. The normalized spacial score (nSPS) is 15.7. The fourth-order valence-corrected chi connectivity index (χ4v) is 9.50. The molecule has 0 bridgehead atoms. The summed E-state index contributed by atoms with van der Waals surface area (Å²) in [7, 11) is 0. The minimum atomic E-state index is -0.390. The van der Waals surface area contributed by atoms with Crippen LogP contribution in [-0.4, -0.2) is 11.5 Å². The molecule has 1 unspecified atom stereocenters. The second kappa shape index (κ2) is 12.7. The molecule has 56 heavy (non-hydrogen) atoms. The SMILES string of the molecule is C=C1C(c2ccc(-c3ccccc3)cc2)=NC(c2cccc(-c3cccc4c3-c3ccccc3C43c4ccccc4-c4ccccc43)c2)=NC1c1ccccc1. The zero-order valence-corrected chi connectivity index (χ0v) is 30.7. The molecular formula is C54H36N2. The number of fused-ring (bicyclic) bond motifs is 10. The molecule has 0 saturated heterocycles. The van der Waals surface area contributed by atoms with Gasteiger partial charge in [0.2, 0.25) is 0 Å². The molecule has 1 heterocycles. The van der Waals surface area contributed by atoms with Crippen LogP contribution in [0.25, 0.3) is 44.5 Å². The van der Waals surface area contributed by atoms with Crippen LogP contribution in [0.1, 0.15) is 45.0 Å². The van der Waals surface area contributed by atoms with Crippen LogP contribution in [0.2, 0.25) is 0 Å². The summed E-state index contributed by atoms with van der Waals surface area (Å²) in [4.78, 5) is 10.6. The summed E-state index contributed by atoms with van der Waals surface area (Å²) in [6.07, 6.45) is 0. The molecule has 0 aromatic heterocycles. The number of hydrogen-bond acceptors (Lipinski definition) is 2. The molecule has 262 valence electrons. The predicted octanol–water partition coefficient (Wildman–Crippen LogP) is 12.9. The van der Waals surface area contributed by atoms with E-state index in [9.17, 15) is 0 Å². The van der Waals surface area contributed by atoms with Gasteiger partial charge in [0.15, 0.2) is 5.84 Å². The van der Waals surface area contributed by atoms with Crippen molar-refractivity contribution >= 4 is 11.5 Å². The van der Waals surface area contributed by atoms with E-state index in [0.717, 1.165) is 33.5 Å². The molecule has 0 fully saturated rings. The van der Waals surface area contributed by atoms with Crippen LogP contribution in [-0.2, 0) is 5.41 Å². The third-order valence-electron chi connectivity index (χ3n) is 11.9. The van der Waals surface area contributed by atoms with Gasteiger partial charge >= 0.3 is 0 Å². The van der Waals surface area contributed by atoms with Gasteiger partial charge in [-0.2, -0.15) is 0 Å². The number of hydrogen-bond donors (Lipinski definition) is 0. The van der Waals surface area contributed by atoms with Gasteiger partial charge in [-0.25, -0.2) is 4.99 Å². The summed E-state index contributed by atoms with van der Waals surface area (Å²) in [6.45, 7) is 4.59. The first-order chi connectivity index (χ1) is 27.7. The fourth-order valence-electron chi connectivity index (χ4n) is 9.50. The Morgan fingerprint density at radius 2 is 0.875 bits per heavy atom. The van der Waals surface area contributed by atoms with E-state index in [0.29, 0.717) is 5.84 Å². The van der Waals surface area contributed by atoms with Crippen LogP contribution in [0.4, 0.5) is 0 Å². The minimum absolute atomic E-state index is 0.258. The number of aliphatic imine (C=N–C) groups is 2. The van der Waals surface area contributed by atoms with Crippen molar-refractivity contribution in [1.82, 2.24) is 0 Å². The average molecular weight is 713 g/mol. The molecule has 0 saturated carbocycles. The zero-order chi connectivity index (χ0) is 37.2. The smallest absolute Gasteiger partial charge is 0.156 e. The Hall–Kier alpha value is -7.16. The summed E-state index contributed by atoms with van der Waals surface area (Å²) in [5.41, 5.74) is 19.7. The predicted molar refractivity (Wildman–Crippen MR) is 231 cm³/mol. The van der Waals surface area contributed by atoms with Crippen molar-refractivity contribution in [3.8, 4) is 44.5 Å². The van der Waals surface area contributed by atoms with Crippen LogP contribution in [0, 0.1) is 0 Å². The highest BCUT2D eigenvalue weighted by Gasteiger charge is 2.51. The van der Waals surface area contributed by atoms with Crippen LogP contribution in [0.3, 0.4) is 0 Å². The third-order valence-corrected chi connectivity index (χ3v) is 11.9. The molecule has 3 aliphatic rings. The zero-order valence-electron chi connectivity index (χ0n) is 30.7. The number of nitrogens with zero attached hydrogens (tertiary/aromatic N) is 2. The summed E-state index contributed by atoms with van der Waals surface area (Å²) in [6, 6.07) is 71.9. The summed E-state index contributed by atoms with van der Waals surface area (Å²) in [5, 5.41) is 0. The van der Waals surface area contributed by atoms with E-state index in [1.54, 1.807) is 0 Å². The Morgan fingerprint density at radius 3 is 1.57 bits per heavy atom. The highest BCUT2D eigenvalue weighted by molar-refractivity contribution is 6.22. The Bertz CT molecular complexity index is 2870. The topological polar surface area (TPSA) is 24.7 Å². The van der Waals surface area contributed by atoms with Gasteiger partial charge < -0.3 is 0 Å². The van der Waals surface area contributed by atoms with Crippen molar-refractivity contribution in [2.75, 3.05) is 0 Å². The van der Waals surface area contributed by atoms with E-state index < -0.39 is 5.41 Å². The molecule has 1 aliphatic heterocycles. The molecule has 0 amide bonds. The van der Waals surface area contributed by atoms with E-state index in [4.69, 9.17) is 9.98 Å². The van der Waals surface area contributed by atoms with Gasteiger partial charge in [0.25, 0.3) is 0 Å². The third kappa shape index (κ3) is 4.76. The van der Waals surface area contributed by atoms with Gasteiger partial charge in [-0.15, -0.1) is 0 Å². The minimum Gasteiger partial charge on any atom is -0.253 e. The molecule has 0 N–H and O–H groups in total. The van der Waals surface area contributed by atoms with Crippen LogP contribution in [0.5, 0.6) is 0 Å². The van der Waals surface area contributed by atoms with Gasteiger partial charge in [-0.1, -0.05) is 201 Å². The van der Waals surface area contributed by atoms with Gasteiger partial charge in [-0.05, 0) is 78.4 Å². The Morgan fingerprint density at radius 1 is 0.393 bits per heavy atom. The average Bonchev–Trinajstić information content (AvgIpc) is 3.75. The van der Waals surface area contributed by atoms with E-state index in [1.165, 1.54) is 61.2 Å². The lowest BCUT2D eigenvalue weighted by atomic mass is 9.70. The highest BCUT2D eigenvalue weighted by atomic mass is 15.0. The number of rotatable bonds is 5. The molecule has 1 atom stereocenters. The molecule has 0 radical (unpaired) electrons. The monoisotopic (exact) mass is 712 g/mol. The van der Waals surface area contributed by atoms with Gasteiger partial charge in [0.05, 0.1) is 11.1 Å². The van der Waals surface area contributed by atoms with Crippen molar-refractivity contribution in [2.24, 2.45) is 9.98 Å². The molecule has 8 aromatic rings. The largest absolute Gasteiger partial charge is 0.253 e. The van der Waals surface area contributed by atoms with Crippen LogP contribution < -0.4 is 0 Å². The number of benzene rings is 8. The van der Waals surface area contributed by atoms with E-state index >= 15 is 0 Å². The lowest BCUT2D eigenvalue weighted by molar-refractivity contribution is 0.794. The maximum absolute atomic E-state index is 5.32. The molecule has 8 aromatic carbocycles. The van der Waals surface area contributed by atoms with Gasteiger partial charge in [0, 0.05) is 16.7 Å². The van der Waals surface area contributed by atoms with Crippen molar-refractivity contribution in [1.29, 1.82) is 0 Å². The van der Waals surface area contributed by atoms with Gasteiger partial charge in [0.1, 0.15) is 6.04 Å². The molecular weight excluding hydrogens is 677 g/mol. The summed E-state index contributed by atoms with van der Waals surface area (Å²) < 4.78 is 0. The van der Waals surface area contributed by atoms with Crippen LogP contribution in [0.15, 0.2) is 222 Å².